The summed E-state index contributed by atoms with van der Waals surface area (Å²) in [5.74, 6) is 0.0231. The van der Waals surface area contributed by atoms with E-state index in [0.717, 1.165) is 11.1 Å². The van der Waals surface area contributed by atoms with Crippen molar-refractivity contribution >= 4 is 5.97 Å². The number of ether oxygens (including phenoxy) is 1. The third kappa shape index (κ3) is 3.47. The van der Waals surface area contributed by atoms with Crippen LogP contribution in [0.4, 0.5) is 0 Å². The van der Waals surface area contributed by atoms with Crippen molar-refractivity contribution in [3.8, 4) is 17.5 Å². The molecule has 24 heavy (non-hydrogen) atoms. The lowest BCUT2D eigenvalue weighted by atomic mass is 10.1. The first-order valence-corrected chi connectivity index (χ1v) is 7.22. The highest BCUT2D eigenvalue weighted by Gasteiger charge is 2.12. The number of carbonyl (C=O) groups excluding carboxylic acids is 1. The van der Waals surface area contributed by atoms with Crippen molar-refractivity contribution in [2.45, 2.75) is 13.5 Å². The van der Waals surface area contributed by atoms with Crippen LogP contribution in [0.3, 0.4) is 0 Å². The second-order valence-electron chi connectivity index (χ2n) is 5.14. The minimum atomic E-state index is -0.553. The monoisotopic (exact) mass is 319 g/mol. The van der Waals surface area contributed by atoms with Gasteiger partial charge in [-0.15, -0.1) is 10.2 Å². The lowest BCUT2D eigenvalue weighted by molar-refractivity contribution is 0.0438. The Kier molecular flexibility index (Phi) is 4.34. The van der Waals surface area contributed by atoms with E-state index < -0.39 is 5.97 Å². The second kappa shape index (κ2) is 6.75. The van der Waals surface area contributed by atoms with Crippen LogP contribution < -0.4 is 0 Å². The fourth-order valence-corrected chi connectivity index (χ4v) is 2.13. The number of aryl methyl sites for hydroxylation is 1. The van der Waals surface area contributed by atoms with Crippen LogP contribution in [0.1, 0.15) is 27.4 Å². The SMILES string of the molecule is Cc1cccc(-c2nnc(COC(=O)c3cccc(C#N)c3)o2)c1. The van der Waals surface area contributed by atoms with Crippen molar-refractivity contribution in [3.63, 3.8) is 0 Å². The van der Waals surface area contributed by atoms with Gasteiger partial charge in [0, 0.05) is 5.56 Å². The lowest BCUT2D eigenvalue weighted by Gasteiger charge is -2.02. The van der Waals surface area contributed by atoms with Gasteiger partial charge in [-0.25, -0.2) is 4.79 Å². The zero-order chi connectivity index (χ0) is 16.9. The maximum atomic E-state index is 12.0. The normalized spacial score (nSPS) is 10.2. The molecular formula is C18H13N3O3. The highest BCUT2D eigenvalue weighted by Crippen LogP contribution is 2.19. The van der Waals surface area contributed by atoms with E-state index >= 15 is 0 Å². The molecule has 1 aromatic heterocycles. The number of rotatable bonds is 4. The Morgan fingerprint density at radius 3 is 2.83 bits per heavy atom. The molecule has 0 amide bonds. The topological polar surface area (TPSA) is 89.0 Å². The van der Waals surface area contributed by atoms with Crippen molar-refractivity contribution in [1.29, 1.82) is 5.26 Å². The first-order chi connectivity index (χ1) is 11.7. The molecule has 6 heteroatoms. The van der Waals surface area contributed by atoms with Crippen LogP contribution in [-0.4, -0.2) is 16.2 Å². The van der Waals surface area contributed by atoms with E-state index in [1.54, 1.807) is 18.2 Å². The fourth-order valence-electron chi connectivity index (χ4n) is 2.13. The van der Waals surface area contributed by atoms with E-state index in [9.17, 15) is 4.79 Å². The van der Waals surface area contributed by atoms with Crippen molar-refractivity contribution in [3.05, 3.63) is 71.1 Å². The van der Waals surface area contributed by atoms with Gasteiger partial charge in [0.15, 0.2) is 6.61 Å². The van der Waals surface area contributed by atoms with Crippen LogP contribution in [0.5, 0.6) is 0 Å². The maximum absolute atomic E-state index is 12.0. The van der Waals surface area contributed by atoms with Crippen LogP contribution in [0.2, 0.25) is 0 Å². The first kappa shape index (κ1) is 15.4. The van der Waals surface area contributed by atoms with Gasteiger partial charge in [-0.05, 0) is 37.3 Å². The largest absolute Gasteiger partial charge is 0.452 e. The summed E-state index contributed by atoms with van der Waals surface area (Å²) in [5, 5.41) is 16.7. The highest BCUT2D eigenvalue weighted by atomic mass is 16.5. The van der Waals surface area contributed by atoms with Crippen LogP contribution >= 0.6 is 0 Å². The third-order valence-corrected chi connectivity index (χ3v) is 3.29. The summed E-state index contributed by atoms with van der Waals surface area (Å²) in [6.07, 6.45) is 0. The Hall–Kier alpha value is -3.46. The van der Waals surface area contributed by atoms with Crippen LogP contribution in [-0.2, 0) is 11.3 Å². The number of hydrogen-bond acceptors (Lipinski definition) is 6. The second-order valence-corrected chi connectivity index (χ2v) is 5.14. The van der Waals surface area contributed by atoms with E-state index in [1.807, 2.05) is 37.3 Å². The van der Waals surface area contributed by atoms with Crippen molar-refractivity contribution in [1.82, 2.24) is 10.2 Å². The summed E-state index contributed by atoms with van der Waals surface area (Å²) in [6.45, 7) is 1.84. The predicted molar refractivity (Wildman–Crippen MR) is 84.7 cm³/mol. The molecule has 6 nitrogen and oxygen atoms in total. The molecule has 0 saturated carbocycles. The summed E-state index contributed by atoms with van der Waals surface area (Å²) in [5.41, 5.74) is 2.58. The standard InChI is InChI=1S/C18H13N3O3/c1-12-4-2-6-14(8-12)17-21-20-16(24-17)11-23-18(22)15-7-3-5-13(9-15)10-19/h2-9H,11H2,1H3. The molecule has 2 aromatic carbocycles. The quantitative estimate of drug-likeness (QED) is 0.686. The molecule has 0 bridgehead atoms. The van der Waals surface area contributed by atoms with Crippen molar-refractivity contribution in [2.24, 2.45) is 0 Å². The van der Waals surface area contributed by atoms with E-state index in [0.29, 0.717) is 17.0 Å². The Morgan fingerprint density at radius 2 is 2.04 bits per heavy atom. The number of esters is 1. The zero-order valence-corrected chi connectivity index (χ0v) is 12.9. The fraction of sp³-hybridized carbons (Fsp3) is 0.111. The number of nitrogens with zero attached hydrogens (tertiary/aromatic N) is 3. The van der Waals surface area contributed by atoms with Gasteiger partial charge in [-0.1, -0.05) is 23.8 Å². The first-order valence-electron chi connectivity index (χ1n) is 7.22. The maximum Gasteiger partial charge on any atom is 0.338 e. The minimum Gasteiger partial charge on any atom is -0.452 e. The highest BCUT2D eigenvalue weighted by molar-refractivity contribution is 5.89. The van der Waals surface area contributed by atoms with Gasteiger partial charge in [-0.2, -0.15) is 5.26 Å². The predicted octanol–water partition coefficient (Wildman–Crippen LogP) is 3.27. The summed E-state index contributed by atoms with van der Waals surface area (Å²) in [4.78, 5) is 12.0. The van der Waals surface area contributed by atoms with Crippen LogP contribution in [0.25, 0.3) is 11.5 Å². The molecule has 3 rings (SSSR count). The van der Waals surface area contributed by atoms with E-state index in [4.69, 9.17) is 14.4 Å². The molecule has 0 saturated heterocycles. The Bertz CT molecular complexity index is 925. The number of hydrogen-bond donors (Lipinski definition) is 0. The van der Waals surface area contributed by atoms with Crippen molar-refractivity contribution < 1.29 is 13.9 Å². The van der Waals surface area contributed by atoms with E-state index in [-0.39, 0.29) is 12.5 Å². The molecular weight excluding hydrogens is 306 g/mol. The van der Waals surface area contributed by atoms with Crippen molar-refractivity contribution in [2.75, 3.05) is 0 Å². The van der Waals surface area contributed by atoms with Gasteiger partial charge in [-0.3, -0.25) is 0 Å². The molecule has 0 aliphatic carbocycles. The molecule has 0 spiro atoms. The number of benzene rings is 2. The molecule has 0 aliphatic rings. The Labute approximate surface area is 138 Å². The lowest BCUT2D eigenvalue weighted by Crippen LogP contribution is -2.05. The molecule has 0 radical (unpaired) electrons. The number of aromatic nitrogens is 2. The van der Waals surface area contributed by atoms with Gasteiger partial charge in [0.05, 0.1) is 17.2 Å². The number of nitriles is 1. The molecule has 0 aliphatic heterocycles. The van der Waals surface area contributed by atoms with E-state index in [1.165, 1.54) is 6.07 Å². The Balaban J connectivity index is 1.67. The third-order valence-electron chi connectivity index (χ3n) is 3.29. The summed E-state index contributed by atoms with van der Waals surface area (Å²) >= 11 is 0. The zero-order valence-electron chi connectivity index (χ0n) is 12.9. The van der Waals surface area contributed by atoms with Gasteiger partial charge in [0.2, 0.25) is 5.89 Å². The average Bonchev–Trinajstić information content (AvgIpc) is 3.09. The smallest absolute Gasteiger partial charge is 0.338 e. The molecule has 1 heterocycles. The summed E-state index contributed by atoms with van der Waals surface area (Å²) in [6, 6.07) is 15.9. The molecule has 0 unspecified atom stereocenters. The average molecular weight is 319 g/mol. The van der Waals surface area contributed by atoms with E-state index in [2.05, 4.69) is 10.2 Å². The van der Waals surface area contributed by atoms with Gasteiger partial charge < -0.3 is 9.15 Å². The van der Waals surface area contributed by atoms with Gasteiger partial charge in [0.25, 0.3) is 5.89 Å². The Morgan fingerprint density at radius 1 is 1.21 bits per heavy atom. The van der Waals surface area contributed by atoms with Crippen LogP contribution in [0, 0.1) is 18.3 Å². The van der Waals surface area contributed by atoms with Crippen LogP contribution in [0.15, 0.2) is 52.9 Å². The summed E-state index contributed by atoms with van der Waals surface area (Å²) < 4.78 is 10.6. The molecule has 0 atom stereocenters. The summed E-state index contributed by atoms with van der Waals surface area (Å²) in [7, 11) is 0. The molecule has 3 aromatic rings. The number of carbonyl (C=O) groups is 1. The molecule has 0 fully saturated rings. The molecule has 118 valence electrons. The van der Waals surface area contributed by atoms with Gasteiger partial charge in [0.1, 0.15) is 0 Å². The molecule has 0 N–H and O–H groups in total. The minimum absolute atomic E-state index is 0.131. The van der Waals surface area contributed by atoms with Gasteiger partial charge >= 0.3 is 5.97 Å².